The average molecular weight is 201 g/mol. The Morgan fingerprint density at radius 1 is 1.43 bits per heavy atom. The first kappa shape index (κ1) is 8.51. The second-order valence-electron chi connectivity index (χ2n) is 3.14. The molecule has 2 heteroatoms. The summed E-state index contributed by atoms with van der Waals surface area (Å²) in [6.07, 6.45) is 7.49. The molecule has 0 atom stereocenters. The molecule has 0 aliphatic heterocycles. The molecule has 0 saturated carbocycles. The Morgan fingerprint density at radius 2 is 2.29 bits per heavy atom. The Hall–Kier alpha value is -0.790. The van der Waals surface area contributed by atoms with Crippen molar-refractivity contribution in [3.63, 3.8) is 0 Å². The van der Waals surface area contributed by atoms with E-state index in [2.05, 4.69) is 6.92 Å². The summed E-state index contributed by atoms with van der Waals surface area (Å²) in [4.78, 5) is 11.2. The largest absolute Gasteiger partial charge is 0.465 e. The molecule has 0 amide bonds. The summed E-state index contributed by atoms with van der Waals surface area (Å²) in [7, 11) is 0. The summed E-state index contributed by atoms with van der Waals surface area (Å²) in [6, 6.07) is 0. The fraction of sp³-hybridized carbons (Fsp3) is 0.750. The number of esters is 1. The van der Waals surface area contributed by atoms with Gasteiger partial charge in [-0.3, -0.25) is 4.79 Å². The number of unbranched alkanes of at least 4 members (excludes halogenated alkanes) is 2. The highest BCUT2D eigenvalue weighted by Crippen LogP contribution is 2.00. The molecular weight excluding hydrogens is 176 g/mol. The number of carbonyl (C=O) groups is 1. The van der Waals surface area contributed by atoms with Gasteiger partial charge in [0.1, 0.15) is 0 Å². The van der Waals surface area contributed by atoms with Gasteiger partial charge in [-0.15, -0.1) is 0 Å². The van der Waals surface area contributed by atoms with Crippen LogP contribution in [0.2, 0.25) is 0 Å². The quantitative estimate of drug-likeness (QED) is 0.341. The maximum Gasteiger partial charge on any atom is 0.305 e. The lowest BCUT2D eigenvalue weighted by atomic mass is 10.2. The van der Waals surface area contributed by atoms with Crippen LogP contribution in [0, 0.1) is 0 Å². The molecular formula is C12H22O2. The van der Waals surface area contributed by atoms with E-state index >= 15 is 0 Å². The molecule has 0 aliphatic carbocycles. The van der Waals surface area contributed by atoms with Crippen molar-refractivity contribution >= 4 is 5.97 Å². The van der Waals surface area contributed by atoms with E-state index in [-0.39, 0.29) is 12.4 Å². The Labute approximate surface area is 91.6 Å². The molecule has 0 unspecified atom stereocenters. The predicted molar refractivity (Wildman–Crippen MR) is 59.1 cm³/mol. The van der Waals surface area contributed by atoms with Crippen LogP contribution < -0.4 is 0 Å². The van der Waals surface area contributed by atoms with Crippen molar-refractivity contribution in [2.24, 2.45) is 0 Å². The van der Waals surface area contributed by atoms with Crippen molar-refractivity contribution < 1.29 is 13.6 Å². The van der Waals surface area contributed by atoms with Crippen LogP contribution in [-0.4, -0.2) is 12.6 Å². The van der Waals surface area contributed by atoms with Crippen LogP contribution in [0.5, 0.6) is 0 Å². The van der Waals surface area contributed by atoms with Gasteiger partial charge in [-0.1, -0.05) is 38.8 Å². The zero-order valence-corrected chi connectivity index (χ0v) is 8.92. The van der Waals surface area contributed by atoms with Gasteiger partial charge < -0.3 is 4.74 Å². The molecule has 0 heterocycles. The van der Waals surface area contributed by atoms with Gasteiger partial charge in [-0.25, -0.2) is 0 Å². The van der Waals surface area contributed by atoms with E-state index in [1.165, 1.54) is 0 Å². The van der Waals surface area contributed by atoms with E-state index < -0.39 is 6.85 Å². The zero-order valence-electron chi connectivity index (χ0n) is 11.9. The van der Waals surface area contributed by atoms with Crippen molar-refractivity contribution in [3.8, 4) is 0 Å². The number of rotatable bonds is 8. The van der Waals surface area contributed by atoms with Gasteiger partial charge in [-0.05, 0) is 19.3 Å². The minimum atomic E-state index is -1.91. The summed E-state index contributed by atoms with van der Waals surface area (Å²) in [6.45, 7) is 0.511. The predicted octanol–water partition coefficient (Wildman–Crippen LogP) is 3.47. The highest BCUT2D eigenvalue weighted by Gasteiger charge is 2.00. The minimum Gasteiger partial charge on any atom is -0.465 e. The normalized spacial score (nSPS) is 14.8. The van der Waals surface area contributed by atoms with Gasteiger partial charge in [0.15, 0.2) is 0 Å². The van der Waals surface area contributed by atoms with Crippen LogP contribution in [0.1, 0.15) is 56.4 Å². The van der Waals surface area contributed by atoms with Crippen LogP contribution in [0.15, 0.2) is 12.2 Å². The summed E-state index contributed by atoms with van der Waals surface area (Å²) < 4.78 is 25.9. The molecule has 0 aromatic rings. The first-order valence-electron chi connectivity index (χ1n) is 6.76. The third-order valence-corrected chi connectivity index (χ3v) is 1.82. The van der Waals surface area contributed by atoms with E-state index in [1.54, 1.807) is 12.2 Å². The molecule has 0 radical (unpaired) electrons. The van der Waals surface area contributed by atoms with Crippen LogP contribution >= 0.6 is 0 Å². The summed E-state index contributed by atoms with van der Waals surface area (Å²) in [5.74, 6) is -0.164. The van der Waals surface area contributed by atoms with Crippen molar-refractivity contribution in [1.82, 2.24) is 0 Å². The van der Waals surface area contributed by atoms with Crippen LogP contribution in [-0.2, 0) is 9.53 Å². The highest BCUT2D eigenvalue weighted by molar-refractivity contribution is 5.69. The smallest absolute Gasteiger partial charge is 0.305 e. The van der Waals surface area contributed by atoms with E-state index in [1.807, 2.05) is 0 Å². The lowest BCUT2D eigenvalue weighted by Crippen LogP contribution is -2.04. The van der Waals surface area contributed by atoms with Crippen LogP contribution in [0.4, 0.5) is 0 Å². The molecule has 0 fully saturated rings. The monoisotopic (exact) mass is 201 g/mol. The lowest BCUT2D eigenvalue weighted by Gasteiger charge is -2.01. The summed E-state index contributed by atoms with van der Waals surface area (Å²) in [5.41, 5.74) is 0. The molecule has 2 nitrogen and oxygen atoms in total. The second kappa shape index (κ2) is 10.3. The summed E-state index contributed by atoms with van der Waals surface area (Å²) >= 11 is 0. The van der Waals surface area contributed by atoms with Gasteiger partial charge in [0.25, 0.3) is 0 Å². The van der Waals surface area contributed by atoms with Crippen molar-refractivity contribution in [2.75, 3.05) is 6.61 Å². The minimum absolute atomic E-state index is 0.0669. The van der Waals surface area contributed by atoms with Gasteiger partial charge in [0.05, 0.1) is 6.61 Å². The first-order valence-corrected chi connectivity index (χ1v) is 5.26. The first-order chi connectivity index (χ1) is 7.95. The standard InChI is InChI=1S/C12H22O2/c1-3-5-7-9-11-14-12(13)10-8-6-4-2/h5,7H,3-4,6,8-11H2,1-2H3/b7-5-/i1D3. The van der Waals surface area contributed by atoms with E-state index in [9.17, 15) is 4.79 Å². The molecule has 0 N–H and O–H groups in total. The zero-order chi connectivity index (χ0) is 13.1. The van der Waals surface area contributed by atoms with Crippen molar-refractivity contribution in [2.45, 2.75) is 52.3 Å². The fourth-order valence-electron chi connectivity index (χ4n) is 1.03. The van der Waals surface area contributed by atoms with E-state index in [0.717, 1.165) is 19.3 Å². The Kier molecular flexibility index (Phi) is 6.26. The van der Waals surface area contributed by atoms with Crippen molar-refractivity contribution in [1.29, 1.82) is 0 Å². The lowest BCUT2D eigenvalue weighted by molar-refractivity contribution is -0.143. The third kappa shape index (κ3) is 9.30. The van der Waals surface area contributed by atoms with E-state index in [0.29, 0.717) is 19.4 Å². The molecule has 0 bridgehead atoms. The maximum atomic E-state index is 11.2. The molecule has 0 aromatic heterocycles. The third-order valence-electron chi connectivity index (χ3n) is 1.82. The molecule has 0 saturated heterocycles. The molecule has 14 heavy (non-hydrogen) atoms. The van der Waals surface area contributed by atoms with Gasteiger partial charge in [-0.2, -0.15) is 0 Å². The van der Waals surface area contributed by atoms with Crippen LogP contribution in [0.25, 0.3) is 0 Å². The maximum absolute atomic E-state index is 11.2. The molecule has 0 spiro atoms. The molecule has 0 aromatic carbocycles. The highest BCUT2D eigenvalue weighted by atomic mass is 16.5. The topological polar surface area (TPSA) is 26.3 Å². The SMILES string of the molecule is [2H]C([2H])([2H])C/C=C\CCOC(=O)CCCCC. The van der Waals surface area contributed by atoms with Gasteiger partial charge >= 0.3 is 5.97 Å². The summed E-state index contributed by atoms with van der Waals surface area (Å²) in [5, 5.41) is 0. The number of hydrogen-bond donors (Lipinski definition) is 0. The van der Waals surface area contributed by atoms with Crippen molar-refractivity contribution in [3.05, 3.63) is 12.2 Å². The Balaban J connectivity index is 3.41. The molecule has 0 rings (SSSR count). The second-order valence-corrected chi connectivity index (χ2v) is 3.14. The number of carbonyl (C=O) groups excluding carboxylic acids is 1. The molecule has 82 valence electrons. The number of ether oxygens (including phenoxy) is 1. The Bertz CT molecular complexity index is 234. The number of hydrogen-bond acceptors (Lipinski definition) is 2. The molecule has 0 aliphatic rings. The average Bonchev–Trinajstić information content (AvgIpc) is 2.22. The number of allylic oxidation sites excluding steroid dienone is 1. The van der Waals surface area contributed by atoms with Crippen LogP contribution in [0.3, 0.4) is 0 Å². The van der Waals surface area contributed by atoms with Gasteiger partial charge in [0.2, 0.25) is 0 Å². The Morgan fingerprint density at radius 3 is 3.00 bits per heavy atom. The fourth-order valence-corrected chi connectivity index (χ4v) is 1.03. The van der Waals surface area contributed by atoms with Gasteiger partial charge in [0, 0.05) is 10.5 Å². The van der Waals surface area contributed by atoms with E-state index in [4.69, 9.17) is 8.85 Å².